The lowest BCUT2D eigenvalue weighted by atomic mass is 10.1. The van der Waals surface area contributed by atoms with Crippen LogP contribution in [0.15, 0.2) is 59.5 Å². The van der Waals surface area contributed by atoms with Crippen molar-refractivity contribution in [3.63, 3.8) is 0 Å². The Morgan fingerprint density at radius 3 is 2.72 bits per heavy atom. The van der Waals surface area contributed by atoms with Crippen molar-refractivity contribution in [3.8, 4) is 17.0 Å². The molecule has 4 aromatic rings. The van der Waals surface area contributed by atoms with Gasteiger partial charge >= 0.3 is 0 Å². The molecule has 1 fully saturated rings. The van der Waals surface area contributed by atoms with Crippen LogP contribution in [0.5, 0.6) is 5.75 Å². The molecular formula is C24H23N5O3. The number of likely N-dealkylation sites (tertiary alicyclic amines) is 1. The van der Waals surface area contributed by atoms with Crippen molar-refractivity contribution in [3.05, 3.63) is 82.0 Å². The van der Waals surface area contributed by atoms with Crippen LogP contribution in [0, 0.1) is 6.92 Å². The van der Waals surface area contributed by atoms with E-state index >= 15 is 0 Å². The number of carbonyl (C=O) groups excluding carboxylic acids is 1. The fourth-order valence-corrected chi connectivity index (χ4v) is 4.33. The standard InChI is InChI=1S/C24H23N5O3/c1-15-14-22-25-12-11-21(29(22)27-15)20-4-3-13-28(20)24(31)18-9-10-19(26-23(18)30)16-5-7-17(32-2)8-6-16/h5-12,14,20H,3-4,13H2,1-2H3,(H,26,30)/t20-/m0/s1. The number of carbonyl (C=O) groups is 1. The Hall–Kier alpha value is -3.94. The summed E-state index contributed by atoms with van der Waals surface area (Å²) in [5.41, 5.74) is 3.75. The van der Waals surface area contributed by atoms with E-state index in [1.807, 2.05) is 43.3 Å². The number of H-pyrrole nitrogens is 1. The van der Waals surface area contributed by atoms with Gasteiger partial charge in [-0.3, -0.25) is 9.59 Å². The van der Waals surface area contributed by atoms with Gasteiger partial charge in [-0.05, 0) is 67.8 Å². The Morgan fingerprint density at radius 1 is 1.16 bits per heavy atom. The fourth-order valence-electron chi connectivity index (χ4n) is 4.33. The van der Waals surface area contributed by atoms with E-state index in [9.17, 15) is 9.59 Å². The number of aryl methyl sites for hydroxylation is 1. The molecule has 0 aliphatic carbocycles. The van der Waals surface area contributed by atoms with Crippen molar-refractivity contribution >= 4 is 11.6 Å². The summed E-state index contributed by atoms with van der Waals surface area (Å²) in [4.78, 5) is 35.2. The molecule has 1 N–H and O–H groups in total. The van der Waals surface area contributed by atoms with Crippen molar-refractivity contribution in [2.24, 2.45) is 0 Å². The molecule has 0 radical (unpaired) electrons. The Bertz CT molecular complexity index is 1360. The normalized spacial score (nSPS) is 15.9. The van der Waals surface area contributed by atoms with Crippen molar-refractivity contribution in [1.82, 2.24) is 24.5 Å². The number of pyridine rings is 1. The summed E-state index contributed by atoms with van der Waals surface area (Å²) in [5.74, 6) is 0.462. The first-order chi connectivity index (χ1) is 15.5. The zero-order valence-corrected chi connectivity index (χ0v) is 17.9. The second kappa shape index (κ2) is 7.96. The average Bonchev–Trinajstić information content (AvgIpc) is 3.44. The van der Waals surface area contributed by atoms with E-state index in [0.717, 1.165) is 41.2 Å². The summed E-state index contributed by atoms with van der Waals surface area (Å²) in [7, 11) is 1.60. The summed E-state index contributed by atoms with van der Waals surface area (Å²) in [6.45, 7) is 2.51. The smallest absolute Gasteiger partial charge is 0.261 e. The van der Waals surface area contributed by atoms with Crippen LogP contribution < -0.4 is 10.3 Å². The minimum Gasteiger partial charge on any atom is -0.497 e. The van der Waals surface area contributed by atoms with Gasteiger partial charge in [0.15, 0.2) is 5.65 Å². The van der Waals surface area contributed by atoms with Crippen molar-refractivity contribution < 1.29 is 9.53 Å². The molecule has 0 saturated carbocycles. The number of ether oxygens (including phenoxy) is 1. The van der Waals surface area contributed by atoms with Gasteiger partial charge in [0.05, 0.1) is 24.5 Å². The topological polar surface area (TPSA) is 92.6 Å². The van der Waals surface area contributed by atoms with Crippen LogP contribution in [0.25, 0.3) is 16.9 Å². The number of hydrogen-bond acceptors (Lipinski definition) is 5. The van der Waals surface area contributed by atoms with E-state index in [2.05, 4.69) is 15.1 Å². The lowest BCUT2D eigenvalue weighted by Gasteiger charge is -2.25. The van der Waals surface area contributed by atoms with E-state index in [1.54, 1.807) is 34.9 Å². The first-order valence-corrected chi connectivity index (χ1v) is 10.5. The second-order valence-electron chi connectivity index (χ2n) is 7.93. The highest BCUT2D eigenvalue weighted by Gasteiger charge is 2.33. The maximum Gasteiger partial charge on any atom is 0.261 e. The Morgan fingerprint density at radius 2 is 1.97 bits per heavy atom. The van der Waals surface area contributed by atoms with E-state index < -0.39 is 5.56 Å². The third-order valence-electron chi connectivity index (χ3n) is 5.91. The molecule has 0 unspecified atom stereocenters. The third kappa shape index (κ3) is 3.43. The van der Waals surface area contributed by atoms with Crippen LogP contribution in [-0.2, 0) is 0 Å². The maximum absolute atomic E-state index is 13.4. The van der Waals surface area contributed by atoms with Gasteiger partial charge in [-0.25, -0.2) is 9.50 Å². The largest absolute Gasteiger partial charge is 0.497 e. The number of methoxy groups -OCH3 is 1. The molecule has 8 heteroatoms. The van der Waals surface area contributed by atoms with Gasteiger partial charge in [-0.15, -0.1) is 0 Å². The van der Waals surface area contributed by atoms with Crippen LogP contribution in [0.1, 0.15) is 40.6 Å². The van der Waals surface area contributed by atoms with E-state index in [1.165, 1.54) is 0 Å². The Balaban J connectivity index is 1.45. The number of fused-ring (bicyclic) bond motifs is 1. The van der Waals surface area contributed by atoms with Gasteiger partial charge in [-0.2, -0.15) is 5.10 Å². The molecule has 1 aliphatic rings. The molecule has 5 rings (SSSR count). The quantitative estimate of drug-likeness (QED) is 0.537. The minimum atomic E-state index is -0.399. The third-order valence-corrected chi connectivity index (χ3v) is 5.91. The van der Waals surface area contributed by atoms with Gasteiger partial charge in [0.1, 0.15) is 11.3 Å². The number of aromatic nitrogens is 4. The highest BCUT2D eigenvalue weighted by Crippen LogP contribution is 2.33. The number of rotatable bonds is 4. The molecular weight excluding hydrogens is 406 g/mol. The monoisotopic (exact) mass is 429 g/mol. The van der Waals surface area contributed by atoms with Crippen LogP contribution in [0.3, 0.4) is 0 Å². The molecule has 1 amide bonds. The number of amides is 1. The molecule has 4 heterocycles. The highest BCUT2D eigenvalue weighted by atomic mass is 16.5. The first-order valence-electron chi connectivity index (χ1n) is 10.5. The summed E-state index contributed by atoms with van der Waals surface area (Å²) >= 11 is 0. The predicted molar refractivity (Wildman–Crippen MR) is 120 cm³/mol. The molecule has 3 aromatic heterocycles. The summed E-state index contributed by atoms with van der Waals surface area (Å²) in [6, 6.07) is 14.4. The number of nitrogens with zero attached hydrogens (tertiary/aromatic N) is 4. The van der Waals surface area contributed by atoms with E-state index in [4.69, 9.17) is 4.74 Å². The Labute approximate surface area is 184 Å². The van der Waals surface area contributed by atoms with Gasteiger partial charge < -0.3 is 14.6 Å². The number of benzene rings is 1. The fraction of sp³-hybridized carbons (Fsp3) is 0.250. The molecule has 162 valence electrons. The van der Waals surface area contributed by atoms with Crippen molar-refractivity contribution in [2.75, 3.05) is 13.7 Å². The molecule has 32 heavy (non-hydrogen) atoms. The molecule has 1 aliphatic heterocycles. The lowest BCUT2D eigenvalue weighted by molar-refractivity contribution is 0.0729. The average molecular weight is 429 g/mol. The molecule has 0 spiro atoms. The summed E-state index contributed by atoms with van der Waals surface area (Å²) in [6.07, 6.45) is 3.41. The van der Waals surface area contributed by atoms with E-state index in [0.29, 0.717) is 12.2 Å². The van der Waals surface area contributed by atoms with Gasteiger partial charge in [0.2, 0.25) is 0 Å². The minimum absolute atomic E-state index is 0.135. The second-order valence-corrected chi connectivity index (χ2v) is 7.93. The van der Waals surface area contributed by atoms with Gasteiger partial charge in [-0.1, -0.05) is 0 Å². The van der Waals surface area contributed by atoms with Crippen molar-refractivity contribution in [1.29, 1.82) is 0 Å². The molecule has 1 aromatic carbocycles. The number of hydrogen-bond donors (Lipinski definition) is 1. The van der Waals surface area contributed by atoms with Gasteiger partial charge in [0, 0.05) is 24.5 Å². The molecule has 1 atom stereocenters. The van der Waals surface area contributed by atoms with Crippen LogP contribution in [-0.4, -0.2) is 44.0 Å². The zero-order chi connectivity index (χ0) is 22.2. The zero-order valence-electron chi connectivity index (χ0n) is 17.9. The number of aromatic amines is 1. The van der Waals surface area contributed by atoms with Crippen LogP contribution >= 0.6 is 0 Å². The summed E-state index contributed by atoms with van der Waals surface area (Å²) in [5, 5.41) is 4.54. The van der Waals surface area contributed by atoms with E-state index in [-0.39, 0.29) is 17.5 Å². The van der Waals surface area contributed by atoms with Crippen LogP contribution in [0.4, 0.5) is 0 Å². The first kappa shape index (κ1) is 20.0. The highest BCUT2D eigenvalue weighted by molar-refractivity contribution is 5.94. The molecule has 1 saturated heterocycles. The van der Waals surface area contributed by atoms with Gasteiger partial charge in [0.25, 0.3) is 11.5 Å². The lowest BCUT2D eigenvalue weighted by Crippen LogP contribution is -2.35. The SMILES string of the molecule is COc1ccc(-c2ccc(C(=O)N3CCC[C@H]3c3ccnc4cc(C)nn34)c(=O)[nH]2)cc1. The van der Waals surface area contributed by atoms with Crippen LogP contribution in [0.2, 0.25) is 0 Å². The predicted octanol–water partition coefficient (Wildman–Crippen LogP) is 3.38. The summed E-state index contributed by atoms with van der Waals surface area (Å²) < 4.78 is 6.97. The molecule has 8 nitrogen and oxygen atoms in total. The van der Waals surface area contributed by atoms with Crippen molar-refractivity contribution in [2.45, 2.75) is 25.8 Å². The number of nitrogens with one attached hydrogen (secondary N) is 1. The molecule has 0 bridgehead atoms. The Kier molecular flexibility index (Phi) is 4.97. The maximum atomic E-state index is 13.4.